The van der Waals surface area contributed by atoms with Crippen molar-refractivity contribution in [1.82, 2.24) is 5.32 Å². The first kappa shape index (κ1) is 91.4. The SMILES string of the molecule is CCCCCCCC/C=C\CCCCCCCCCC(=O)OCCCCCCCCCCCCCCCCC/C=C\C/C=C\CCCCCCCCCCCCCCCCCCCC(=O)NC(COC1OC(CO)C(O)C(O)C1O)C(O)/C=C/CC/C=C/CCCCCCCC. The third kappa shape index (κ3) is 61.2. The van der Waals surface area contributed by atoms with E-state index in [1.165, 1.54) is 315 Å². The Morgan fingerprint density at radius 2 is 0.708 bits per heavy atom. The molecule has 0 aromatic rings. The number of aliphatic hydroxyl groups excluding tert-OH is 5. The Hall–Kier alpha value is -2.64. The Morgan fingerprint density at radius 1 is 0.385 bits per heavy atom. The van der Waals surface area contributed by atoms with Gasteiger partial charge in [0.25, 0.3) is 0 Å². The number of aliphatic hydroxyl groups is 5. The summed E-state index contributed by atoms with van der Waals surface area (Å²) in [4.78, 5) is 25.2. The van der Waals surface area contributed by atoms with Crippen LogP contribution in [0.4, 0.5) is 0 Å². The third-order valence-corrected chi connectivity index (χ3v) is 19.6. The smallest absolute Gasteiger partial charge is 0.305 e. The third-order valence-electron chi connectivity index (χ3n) is 19.6. The van der Waals surface area contributed by atoms with Gasteiger partial charge in [0.15, 0.2) is 6.29 Å². The van der Waals surface area contributed by atoms with Gasteiger partial charge in [-0.1, -0.05) is 351 Å². The molecule has 96 heavy (non-hydrogen) atoms. The first-order valence-corrected chi connectivity index (χ1v) is 41.6. The molecule has 1 saturated heterocycles. The molecule has 1 aliphatic heterocycles. The Bertz CT molecular complexity index is 1780. The second-order valence-electron chi connectivity index (χ2n) is 28.8. The van der Waals surface area contributed by atoms with Crippen molar-refractivity contribution in [2.45, 2.75) is 448 Å². The van der Waals surface area contributed by atoms with Crippen LogP contribution in [-0.4, -0.2) is 100 Å². The van der Waals surface area contributed by atoms with Crippen molar-refractivity contribution < 1.29 is 49.3 Å². The monoisotopic (exact) mass is 1350 g/mol. The number of hydrogen-bond donors (Lipinski definition) is 6. The van der Waals surface area contributed by atoms with Gasteiger partial charge >= 0.3 is 5.97 Å². The first-order chi connectivity index (χ1) is 47.2. The molecular weight excluding hydrogens is 1190 g/mol. The molecule has 0 aliphatic carbocycles. The lowest BCUT2D eigenvalue weighted by atomic mass is 9.99. The fourth-order valence-corrected chi connectivity index (χ4v) is 13.1. The number of carbonyl (C=O) groups excluding carboxylic acids is 2. The molecule has 7 unspecified atom stereocenters. The molecule has 1 aliphatic rings. The van der Waals surface area contributed by atoms with Gasteiger partial charge in [-0.05, 0) is 103 Å². The normalized spacial score (nSPS) is 17.6. The summed E-state index contributed by atoms with van der Waals surface area (Å²) >= 11 is 0. The molecule has 7 atom stereocenters. The quantitative estimate of drug-likeness (QED) is 0.0195. The average Bonchev–Trinajstić information content (AvgIpc) is 0.850. The van der Waals surface area contributed by atoms with Gasteiger partial charge in [0.2, 0.25) is 5.91 Å². The summed E-state index contributed by atoms with van der Waals surface area (Å²) in [5.74, 6) is -0.177. The van der Waals surface area contributed by atoms with E-state index in [9.17, 15) is 35.1 Å². The van der Waals surface area contributed by atoms with Crippen molar-refractivity contribution in [3.63, 3.8) is 0 Å². The molecule has 1 rings (SSSR count). The molecule has 0 radical (unpaired) electrons. The molecule has 1 fully saturated rings. The van der Waals surface area contributed by atoms with Crippen LogP contribution in [0.2, 0.25) is 0 Å². The van der Waals surface area contributed by atoms with Crippen molar-refractivity contribution in [2.75, 3.05) is 19.8 Å². The lowest BCUT2D eigenvalue weighted by molar-refractivity contribution is -0.302. The van der Waals surface area contributed by atoms with Gasteiger partial charge in [-0.25, -0.2) is 0 Å². The zero-order chi connectivity index (χ0) is 69.4. The Labute approximate surface area is 592 Å². The van der Waals surface area contributed by atoms with Crippen LogP contribution in [0.5, 0.6) is 0 Å². The largest absolute Gasteiger partial charge is 0.466 e. The summed E-state index contributed by atoms with van der Waals surface area (Å²) in [5, 5.41) is 54.5. The van der Waals surface area contributed by atoms with E-state index in [0.717, 1.165) is 64.2 Å². The number of nitrogens with one attached hydrogen (secondary N) is 1. The molecule has 11 nitrogen and oxygen atoms in total. The van der Waals surface area contributed by atoms with Crippen molar-refractivity contribution in [3.05, 3.63) is 60.8 Å². The molecule has 0 aromatic carbocycles. The van der Waals surface area contributed by atoms with Gasteiger partial charge in [-0.3, -0.25) is 9.59 Å². The number of allylic oxidation sites excluding steroid dienone is 9. The van der Waals surface area contributed by atoms with Crippen LogP contribution in [0.25, 0.3) is 0 Å². The summed E-state index contributed by atoms with van der Waals surface area (Å²) in [5.41, 5.74) is 0. The minimum Gasteiger partial charge on any atom is -0.466 e. The molecule has 0 aromatic heterocycles. The molecule has 0 spiro atoms. The fraction of sp³-hybridized carbons (Fsp3) is 0.859. The summed E-state index contributed by atoms with van der Waals surface area (Å²) in [6.07, 6.45) is 89.9. The number of unbranched alkanes of at least 4 members (excludes halogenated alkanes) is 52. The molecule has 6 N–H and O–H groups in total. The van der Waals surface area contributed by atoms with Crippen LogP contribution in [0.15, 0.2) is 60.8 Å². The lowest BCUT2D eigenvalue weighted by Crippen LogP contribution is -2.60. The molecule has 562 valence electrons. The van der Waals surface area contributed by atoms with Gasteiger partial charge in [0.1, 0.15) is 24.4 Å². The van der Waals surface area contributed by atoms with Crippen molar-refractivity contribution in [3.8, 4) is 0 Å². The fourth-order valence-electron chi connectivity index (χ4n) is 13.1. The van der Waals surface area contributed by atoms with Crippen molar-refractivity contribution >= 4 is 11.9 Å². The Balaban J connectivity index is 1.88. The molecule has 1 amide bonds. The van der Waals surface area contributed by atoms with Crippen LogP contribution in [-0.2, 0) is 23.8 Å². The second kappa shape index (κ2) is 73.6. The van der Waals surface area contributed by atoms with Gasteiger partial charge in [0, 0.05) is 12.8 Å². The highest BCUT2D eigenvalue weighted by atomic mass is 16.7. The molecular formula is C85H157NO10. The maximum atomic E-state index is 13.1. The predicted octanol–water partition coefficient (Wildman–Crippen LogP) is 22.8. The maximum Gasteiger partial charge on any atom is 0.305 e. The predicted molar refractivity (Wildman–Crippen MR) is 407 cm³/mol. The zero-order valence-electron chi connectivity index (χ0n) is 62.8. The van der Waals surface area contributed by atoms with Crippen LogP contribution in [0.3, 0.4) is 0 Å². The number of amides is 1. The van der Waals surface area contributed by atoms with Crippen LogP contribution < -0.4 is 5.32 Å². The number of carbonyl (C=O) groups is 2. The molecule has 1 heterocycles. The highest BCUT2D eigenvalue weighted by molar-refractivity contribution is 5.76. The molecule has 0 bridgehead atoms. The van der Waals surface area contributed by atoms with E-state index in [1.54, 1.807) is 6.08 Å². The lowest BCUT2D eigenvalue weighted by Gasteiger charge is -2.40. The first-order valence-electron chi connectivity index (χ1n) is 41.6. The Kier molecular flexibility index (Phi) is 70.0. The van der Waals surface area contributed by atoms with E-state index in [0.29, 0.717) is 19.4 Å². The minimum absolute atomic E-state index is 0.0115. The van der Waals surface area contributed by atoms with E-state index in [1.807, 2.05) is 6.08 Å². The number of ether oxygens (including phenoxy) is 3. The van der Waals surface area contributed by atoms with Gasteiger partial charge in [-0.2, -0.15) is 0 Å². The minimum atomic E-state index is -1.58. The maximum absolute atomic E-state index is 13.1. The van der Waals surface area contributed by atoms with E-state index >= 15 is 0 Å². The summed E-state index contributed by atoms with van der Waals surface area (Å²) in [6.45, 7) is 4.35. The molecule has 11 heteroatoms. The van der Waals surface area contributed by atoms with E-state index in [4.69, 9.17) is 14.2 Å². The van der Waals surface area contributed by atoms with Gasteiger partial charge in [0.05, 0.1) is 32.0 Å². The van der Waals surface area contributed by atoms with Crippen molar-refractivity contribution in [2.24, 2.45) is 0 Å². The molecule has 0 saturated carbocycles. The number of esters is 1. The van der Waals surface area contributed by atoms with Crippen LogP contribution >= 0.6 is 0 Å². The van der Waals surface area contributed by atoms with Crippen molar-refractivity contribution in [1.29, 1.82) is 0 Å². The highest BCUT2D eigenvalue weighted by Crippen LogP contribution is 2.24. The summed E-state index contributed by atoms with van der Waals surface area (Å²) in [7, 11) is 0. The summed E-state index contributed by atoms with van der Waals surface area (Å²) < 4.78 is 16.8. The second-order valence-corrected chi connectivity index (χ2v) is 28.8. The van der Waals surface area contributed by atoms with Gasteiger partial charge in [-0.15, -0.1) is 0 Å². The zero-order valence-corrected chi connectivity index (χ0v) is 62.8. The van der Waals surface area contributed by atoms with E-state index < -0.39 is 49.5 Å². The van der Waals surface area contributed by atoms with Crippen LogP contribution in [0, 0.1) is 0 Å². The average molecular weight is 1350 g/mol. The Morgan fingerprint density at radius 3 is 1.09 bits per heavy atom. The number of rotatable bonds is 74. The van der Waals surface area contributed by atoms with Crippen LogP contribution in [0.1, 0.15) is 406 Å². The highest BCUT2D eigenvalue weighted by Gasteiger charge is 2.44. The summed E-state index contributed by atoms with van der Waals surface area (Å²) in [6, 6.07) is -0.826. The van der Waals surface area contributed by atoms with Gasteiger partial charge < -0.3 is 45.1 Å². The number of hydrogen-bond acceptors (Lipinski definition) is 10. The topological polar surface area (TPSA) is 175 Å². The van der Waals surface area contributed by atoms with E-state index in [2.05, 4.69) is 67.8 Å². The standard InChI is InChI=1S/C85H157NO10/c1-3-5-7-9-11-13-15-17-18-42-46-49-53-57-61-65-69-73-81(90)94-74-70-66-62-58-54-50-47-44-41-39-37-35-33-31-29-27-25-23-21-19-20-22-24-26-28-30-32-34-36-38-40-43-45-48-52-56-60-64-68-72-80(89)86-77(76-95-85-84(93)83(92)82(91)79(75-87)96-85)78(88)71-67-63-59-55-51-16-14-12-10-8-6-4-2/h17-20,23,25,51,55,67,71,77-79,82-85,87-88,91-93H,3-16,21-22,24,26-50,52-54,56-66,68-70,72-76H2,1-2H3,(H,86,89)/b18-17-,20-19-,25-23-,55-51+,71-67+. The van der Waals surface area contributed by atoms with E-state index in [-0.39, 0.29) is 18.5 Å².